The fourth-order valence-electron chi connectivity index (χ4n) is 0. The zero-order valence-electron chi connectivity index (χ0n) is 4.00. The van der Waals surface area contributed by atoms with E-state index in [-0.39, 0.29) is 6.47 Å². The molecule has 42 valence electrons. The number of carboxylic acid groups (broad SMARTS) is 1. The summed E-state index contributed by atoms with van der Waals surface area (Å²) >= 11 is 0. The van der Waals surface area contributed by atoms with Gasteiger partial charge in [-0.15, -0.1) is 15.8 Å². The van der Waals surface area contributed by atoms with Gasteiger partial charge in [0.1, 0.15) is 0 Å². The lowest BCUT2D eigenvalue weighted by molar-refractivity contribution is -0.122. The molecule has 1 N–H and O–H groups in total. The highest BCUT2D eigenvalue weighted by Gasteiger charge is 1.44. The highest BCUT2D eigenvalue weighted by atomic mass is 31.0. The summed E-state index contributed by atoms with van der Waals surface area (Å²) in [5, 5.41) is 6.89. The Morgan fingerprint density at radius 2 is 2.00 bits per heavy atom. The van der Waals surface area contributed by atoms with E-state index in [9.17, 15) is 0 Å². The zero-order valence-corrected chi connectivity index (χ0v) is 5.16. The van der Waals surface area contributed by atoms with E-state index in [2.05, 4.69) is 15.8 Å². The van der Waals surface area contributed by atoms with Crippen LogP contribution in [0.1, 0.15) is 0 Å². The predicted octanol–water partition coefficient (Wildman–Crippen LogP) is 0.748. The molecule has 0 aliphatic carbocycles. The first-order valence-corrected chi connectivity index (χ1v) is 2.54. The van der Waals surface area contributed by atoms with Crippen molar-refractivity contribution < 1.29 is 9.90 Å². The van der Waals surface area contributed by atoms with Gasteiger partial charge in [-0.05, 0) is 6.16 Å². The second-order valence-electron chi connectivity index (χ2n) is 0.630. The van der Waals surface area contributed by atoms with Crippen LogP contribution < -0.4 is 0 Å². The van der Waals surface area contributed by atoms with E-state index in [0.29, 0.717) is 0 Å². The largest absolute Gasteiger partial charge is 0.483 e. The molecule has 0 saturated heterocycles. The topological polar surface area (TPSA) is 37.3 Å². The fourth-order valence-corrected chi connectivity index (χ4v) is 0. The van der Waals surface area contributed by atoms with E-state index in [4.69, 9.17) is 9.90 Å². The molecule has 2 nitrogen and oxygen atoms in total. The first-order chi connectivity index (χ1) is 3.33. The molecule has 0 aliphatic rings. The van der Waals surface area contributed by atoms with Crippen molar-refractivity contribution in [2.45, 2.75) is 0 Å². The lowest BCUT2D eigenvalue weighted by Crippen LogP contribution is -1.49. The van der Waals surface area contributed by atoms with Crippen molar-refractivity contribution in [3.05, 3.63) is 12.7 Å². The van der Waals surface area contributed by atoms with E-state index in [1.807, 2.05) is 6.08 Å². The molecule has 0 rings (SSSR count). The molecular formula is C4H9O2P. The summed E-state index contributed by atoms with van der Waals surface area (Å²) in [4.78, 5) is 8.36. The summed E-state index contributed by atoms with van der Waals surface area (Å²) in [6.45, 7) is 3.21. The summed E-state index contributed by atoms with van der Waals surface area (Å²) in [6.07, 6.45) is 2.84. The zero-order chi connectivity index (χ0) is 6.12. The SMILES string of the molecule is C=CCP.O=CO. The van der Waals surface area contributed by atoms with Gasteiger partial charge in [0.25, 0.3) is 6.47 Å². The summed E-state index contributed by atoms with van der Waals surface area (Å²) in [5.41, 5.74) is 0. The average molecular weight is 120 g/mol. The Morgan fingerprint density at radius 1 is 1.86 bits per heavy atom. The molecule has 0 aliphatic heterocycles. The van der Waals surface area contributed by atoms with Crippen molar-refractivity contribution in [3.63, 3.8) is 0 Å². The van der Waals surface area contributed by atoms with Gasteiger partial charge in [0.2, 0.25) is 0 Å². The van der Waals surface area contributed by atoms with Crippen LogP contribution in [0.3, 0.4) is 0 Å². The Labute approximate surface area is 45.4 Å². The lowest BCUT2D eigenvalue weighted by Gasteiger charge is -1.58. The summed E-state index contributed by atoms with van der Waals surface area (Å²) in [5.74, 6) is 0. The second kappa shape index (κ2) is 17.4. The Hall–Kier alpha value is -0.360. The maximum absolute atomic E-state index is 8.36. The molecule has 0 spiro atoms. The molecule has 0 fully saturated rings. The molecule has 0 aromatic carbocycles. The number of rotatable bonds is 1. The molecule has 3 heteroatoms. The maximum Gasteiger partial charge on any atom is 0.290 e. The smallest absolute Gasteiger partial charge is 0.290 e. The maximum atomic E-state index is 8.36. The quantitative estimate of drug-likeness (QED) is 0.315. The molecule has 1 unspecified atom stereocenters. The van der Waals surface area contributed by atoms with Gasteiger partial charge >= 0.3 is 0 Å². The van der Waals surface area contributed by atoms with E-state index in [0.717, 1.165) is 6.16 Å². The van der Waals surface area contributed by atoms with Crippen molar-refractivity contribution >= 4 is 15.7 Å². The Balaban J connectivity index is 0. The molecule has 7 heavy (non-hydrogen) atoms. The van der Waals surface area contributed by atoms with Crippen LogP contribution >= 0.6 is 9.24 Å². The third-order valence-electron chi connectivity index (χ3n) is 0.167. The van der Waals surface area contributed by atoms with Crippen molar-refractivity contribution in [2.75, 3.05) is 6.16 Å². The van der Waals surface area contributed by atoms with Crippen LogP contribution in [-0.4, -0.2) is 17.7 Å². The fraction of sp³-hybridized carbons (Fsp3) is 0.250. The van der Waals surface area contributed by atoms with Crippen LogP contribution in [0, 0.1) is 0 Å². The van der Waals surface area contributed by atoms with Gasteiger partial charge in [-0.25, -0.2) is 0 Å². The third-order valence-corrected chi connectivity index (χ3v) is 0.500. The van der Waals surface area contributed by atoms with E-state index in [1.54, 1.807) is 0 Å². The Bertz CT molecular complexity index is 45.0. The Morgan fingerprint density at radius 3 is 2.00 bits per heavy atom. The van der Waals surface area contributed by atoms with Gasteiger partial charge in [0.15, 0.2) is 0 Å². The summed E-state index contributed by atoms with van der Waals surface area (Å²) in [7, 11) is 2.54. The number of hydrogen-bond acceptors (Lipinski definition) is 1. The van der Waals surface area contributed by atoms with Crippen LogP contribution in [-0.2, 0) is 4.79 Å². The highest BCUT2D eigenvalue weighted by Crippen LogP contribution is 1.74. The summed E-state index contributed by atoms with van der Waals surface area (Å²) < 4.78 is 0. The minimum Gasteiger partial charge on any atom is -0.483 e. The van der Waals surface area contributed by atoms with Gasteiger partial charge in [-0.2, -0.15) is 0 Å². The van der Waals surface area contributed by atoms with Crippen LogP contribution in [0.15, 0.2) is 12.7 Å². The normalized spacial score (nSPS) is 5.29. The average Bonchev–Trinajstić information content (AvgIpc) is 1.69. The molecule has 0 amide bonds. The highest BCUT2D eigenvalue weighted by molar-refractivity contribution is 7.16. The van der Waals surface area contributed by atoms with Crippen molar-refractivity contribution in [1.29, 1.82) is 0 Å². The third kappa shape index (κ3) is 182. The first kappa shape index (κ1) is 9.81. The van der Waals surface area contributed by atoms with E-state index >= 15 is 0 Å². The first-order valence-electron chi connectivity index (χ1n) is 1.72. The Kier molecular flexibility index (Phi) is 24.4. The lowest BCUT2D eigenvalue weighted by atomic mass is 10.8. The van der Waals surface area contributed by atoms with Crippen molar-refractivity contribution in [2.24, 2.45) is 0 Å². The molecular weight excluding hydrogens is 111 g/mol. The second-order valence-corrected chi connectivity index (χ2v) is 1.10. The van der Waals surface area contributed by atoms with Gasteiger partial charge in [-0.1, -0.05) is 6.08 Å². The predicted molar refractivity (Wildman–Crippen MR) is 33.5 cm³/mol. The van der Waals surface area contributed by atoms with Crippen LogP contribution in [0.5, 0.6) is 0 Å². The minimum absolute atomic E-state index is 0.250. The number of carbonyl (C=O) groups is 1. The van der Waals surface area contributed by atoms with Crippen LogP contribution in [0.4, 0.5) is 0 Å². The molecule has 0 aromatic heterocycles. The van der Waals surface area contributed by atoms with Crippen LogP contribution in [0.25, 0.3) is 0 Å². The van der Waals surface area contributed by atoms with Gasteiger partial charge in [-0.3, -0.25) is 4.79 Å². The van der Waals surface area contributed by atoms with Gasteiger partial charge in [0.05, 0.1) is 0 Å². The van der Waals surface area contributed by atoms with E-state index in [1.165, 1.54) is 0 Å². The monoisotopic (exact) mass is 120 g/mol. The minimum atomic E-state index is -0.250. The number of hydrogen-bond donors (Lipinski definition) is 1. The standard InChI is InChI=1S/C3H7P.CH2O2/c1-2-3-4;2-1-3/h2H,1,3-4H2;1H,(H,2,3). The van der Waals surface area contributed by atoms with Crippen LogP contribution in [0.2, 0.25) is 0 Å². The molecule has 0 radical (unpaired) electrons. The molecule has 0 saturated carbocycles. The van der Waals surface area contributed by atoms with Crippen molar-refractivity contribution in [3.8, 4) is 0 Å². The molecule has 0 aromatic rings. The summed E-state index contributed by atoms with van der Waals surface area (Å²) in [6, 6.07) is 0. The van der Waals surface area contributed by atoms with E-state index < -0.39 is 0 Å². The van der Waals surface area contributed by atoms with Gasteiger partial charge < -0.3 is 5.11 Å². The van der Waals surface area contributed by atoms with Crippen molar-refractivity contribution in [1.82, 2.24) is 0 Å². The molecule has 0 bridgehead atoms. The molecule has 0 heterocycles. The van der Waals surface area contributed by atoms with Gasteiger partial charge in [0, 0.05) is 0 Å². The molecule has 1 atom stereocenters. The number of allylic oxidation sites excluding steroid dienone is 1.